The topological polar surface area (TPSA) is 30.7 Å². The van der Waals surface area contributed by atoms with Crippen molar-refractivity contribution < 1.29 is 0 Å². The van der Waals surface area contributed by atoms with Crippen molar-refractivity contribution in [1.82, 2.24) is 14.8 Å². The third-order valence-corrected chi connectivity index (χ3v) is 4.14. The van der Waals surface area contributed by atoms with E-state index in [9.17, 15) is 0 Å². The van der Waals surface area contributed by atoms with Gasteiger partial charge < -0.3 is 4.57 Å². The molecule has 0 saturated heterocycles. The molecular formula is C15H11Br2N3. The fourth-order valence-corrected chi connectivity index (χ4v) is 2.56. The number of hydrogen-bond acceptors (Lipinski definition) is 2. The summed E-state index contributed by atoms with van der Waals surface area (Å²) in [6, 6.07) is 16.1. The number of aromatic nitrogens is 3. The largest absolute Gasteiger partial charge is 0.310 e. The molecule has 1 heterocycles. The van der Waals surface area contributed by atoms with Gasteiger partial charge in [0.1, 0.15) is 0 Å². The molecule has 100 valence electrons. The number of halogens is 2. The fraction of sp³-hybridized carbons (Fsp3) is 0.0667. The molecule has 3 rings (SSSR count). The first-order valence-corrected chi connectivity index (χ1v) is 7.65. The molecule has 0 bridgehead atoms. The fourth-order valence-electron chi connectivity index (χ4n) is 2.03. The van der Waals surface area contributed by atoms with E-state index in [0.717, 1.165) is 31.7 Å². The zero-order valence-corrected chi connectivity index (χ0v) is 13.9. The summed E-state index contributed by atoms with van der Waals surface area (Å²) in [4.78, 5) is 0. The predicted octanol–water partition coefficient (Wildman–Crippen LogP) is 4.67. The first-order chi connectivity index (χ1) is 9.65. The summed E-state index contributed by atoms with van der Waals surface area (Å²) in [7, 11) is 1.98. The highest BCUT2D eigenvalue weighted by atomic mass is 79.9. The first-order valence-electron chi connectivity index (χ1n) is 6.06. The molecule has 0 unspecified atom stereocenters. The Balaban J connectivity index is 2.04. The molecule has 2 aromatic carbocycles. The molecule has 0 aliphatic carbocycles. The van der Waals surface area contributed by atoms with Crippen LogP contribution in [0.5, 0.6) is 0 Å². The van der Waals surface area contributed by atoms with Crippen molar-refractivity contribution in [3.05, 3.63) is 57.5 Å². The Morgan fingerprint density at radius 1 is 0.700 bits per heavy atom. The maximum absolute atomic E-state index is 4.30. The second-order valence-corrected chi connectivity index (χ2v) is 6.25. The van der Waals surface area contributed by atoms with Gasteiger partial charge >= 0.3 is 0 Å². The third-order valence-electron chi connectivity index (χ3n) is 3.08. The van der Waals surface area contributed by atoms with Gasteiger partial charge in [-0.1, -0.05) is 56.1 Å². The molecule has 5 heteroatoms. The molecule has 0 amide bonds. The Morgan fingerprint density at radius 3 is 1.40 bits per heavy atom. The lowest BCUT2D eigenvalue weighted by molar-refractivity contribution is 0.930. The monoisotopic (exact) mass is 391 g/mol. The van der Waals surface area contributed by atoms with Crippen LogP contribution in [0.2, 0.25) is 0 Å². The van der Waals surface area contributed by atoms with Crippen molar-refractivity contribution in [2.24, 2.45) is 7.05 Å². The SMILES string of the molecule is Cn1c(-c2ccc(Br)cc2)nnc1-c1ccc(Br)cc1. The van der Waals surface area contributed by atoms with E-state index >= 15 is 0 Å². The summed E-state index contributed by atoms with van der Waals surface area (Å²) in [6.07, 6.45) is 0. The van der Waals surface area contributed by atoms with Crippen LogP contribution in [0, 0.1) is 0 Å². The summed E-state index contributed by atoms with van der Waals surface area (Å²) in [6.45, 7) is 0. The van der Waals surface area contributed by atoms with Crippen molar-refractivity contribution >= 4 is 31.9 Å². The lowest BCUT2D eigenvalue weighted by Crippen LogP contribution is -1.95. The van der Waals surface area contributed by atoms with Crippen LogP contribution in [0.15, 0.2) is 57.5 Å². The van der Waals surface area contributed by atoms with E-state index in [4.69, 9.17) is 0 Å². The highest BCUT2D eigenvalue weighted by Gasteiger charge is 2.12. The normalized spacial score (nSPS) is 10.8. The molecule has 0 fully saturated rings. The van der Waals surface area contributed by atoms with Crippen LogP contribution >= 0.6 is 31.9 Å². The molecular weight excluding hydrogens is 382 g/mol. The minimum Gasteiger partial charge on any atom is -0.310 e. The molecule has 0 N–H and O–H groups in total. The predicted molar refractivity (Wildman–Crippen MR) is 87.3 cm³/mol. The second-order valence-electron chi connectivity index (χ2n) is 4.42. The highest BCUT2D eigenvalue weighted by molar-refractivity contribution is 9.10. The van der Waals surface area contributed by atoms with Crippen LogP contribution < -0.4 is 0 Å². The van der Waals surface area contributed by atoms with Crippen LogP contribution in [0.1, 0.15) is 0 Å². The van der Waals surface area contributed by atoms with E-state index in [0.29, 0.717) is 0 Å². The quantitative estimate of drug-likeness (QED) is 0.634. The van der Waals surface area contributed by atoms with Gasteiger partial charge in [0.25, 0.3) is 0 Å². The van der Waals surface area contributed by atoms with Crippen molar-refractivity contribution in [2.75, 3.05) is 0 Å². The summed E-state index contributed by atoms with van der Waals surface area (Å²) < 4.78 is 4.11. The van der Waals surface area contributed by atoms with Crippen LogP contribution in [0.25, 0.3) is 22.8 Å². The second kappa shape index (κ2) is 5.50. The van der Waals surface area contributed by atoms with Gasteiger partial charge in [-0.2, -0.15) is 0 Å². The van der Waals surface area contributed by atoms with Gasteiger partial charge in [-0.25, -0.2) is 0 Å². The zero-order valence-electron chi connectivity index (χ0n) is 10.7. The van der Waals surface area contributed by atoms with Crippen LogP contribution in [0.4, 0.5) is 0 Å². The number of rotatable bonds is 2. The van der Waals surface area contributed by atoms with E-state index in [-0.39, 0.29) is 0 Å². The standard InChI is InChI=1S/C15H11Br2N3/c1-20-14(10-2-6-12(16)7-3-10)18-19-15(20)11-4-8-13(17)9-5-11/h2-9H,1H3. The van der Waals surface area contributed by atoms with Gasteiger partial charge in [-0.15, -0.1) is 10.2 Å². The Kier molecular flexibility index (Phi) is 3.72. The van der Waals surface area contributed by atoms with Crippen molar-refractivity contribution in [1.29, 1.82) is 0 Å². The summed E-state index contributed by atoms with van der Waals surface area (Å²) in [5.74, 6) is 1.71. The Bertz CT molecular complexity index is 668. The lowest BCUT2D eigenvalue weighted by atomic mass is 10.2. The zero-order chi connectivity index (χ0) is 14.1. The molecule has 0 aliphatic rings. The average Bonchev–Trinajstić information content (AvgIpc) is 2.83. The van der Waals surface area contributed by atoms with E-state index < -0.39 is 0 Å². The van der Waals surface area contributed by atoms with Crippen molar-refractivity contribution in [3.63, 3.8) is 0 Å². The molecule has 20 heavy (non-hydrogen) atoms. The molecule has 3 aromatic rings. The molecule has 0 atom stereocenters. The highest BCUT2D eigenvalue weighted by Crippen LogP contribution is 2.25. The van der Waals surface area contributed by atoms with Gasteiger partial charge in [0.15, 0.2) is 11.6 Å². The number of hydrogen-bond donors (Lipinski definition) is 0. The molecule has 1 aromatic heterocycles. The summed E-state index contributed by atoms with van der Waals surface area (Å²) in [5.41, 5.74) is 2.10. The molecule has 0 radical (unpaired) electrons. The van der Waals surface area contributed by atoms with Gasteiger partial charge in [0, 0.05) is 27.1 Å². The number of benzene rings is 2. The third kappa shape index (κ3) is 2.55. The minimum atomic E-state index is 0.857. The first kappa shape index (κ1) is 13.5. The van der Waals surface area contributed by atoms with Crippen LogP contribution in [0.3, 0.4) is 0 Å². The summed E-state index contributed by atoms with van der Waals surface area (Å²) in [5, 5.41) is 8.60. The van der Waals surface area contributed by atoms with Gasteiger partial charge in [0.2, 0.25) is 0 Å². The molecule has 0 spiro atoms. The van der Waals surface area contributed by atoms with E-state index in [1.165, 1.54) is 0 Å². The maximum Gasteiger partial charge on any atom is 0.163 e. The smallest absolute Gasteiger partial charge is 0.163 e. The van der Waals surface area contributed by atoms with Crippen molar-refractivity contribution in [3.8, 4) is 22.8 Å². The lowest BCUT2D eigenvalue weighted by Gasteiger charge is -2.04. The molecule has 0 aliphatic heterocycles. The minimum absolute atomic E-state index is 0.857. The van der Waals surface area contributed by atoms with Crippen LogP contribution in [-0.4, -0.2) is 14.8 Å². The Hall–Kier alpha value is -1.46. The molecule has 0 saturated carbocycles. The average molecular weight is 393 g/mol. The maximum atomic E-state index is 4.30. The Labute approximate surface area is 133 Å². The van der Waals surface area contributed by atoms with Gasteiger partial charge in [0.05, 0.1) is 0 Å². The van der Waals surface area contributed by atoms with Gasteiger partial charge in [-0.05, 0) is 24.3 Å². The van der Waals surface area contributed by atoms with E-state index in [1.807, 2.05) is 60.1 Å². The molecule has 3 nitrogen and oxygen atoms in total. The Morgan fingerprint density at radius 2 is 1.05 bits per heavy atom. The number of nitrogens with zero attached hydrogens (tertiary/aromatic N) is 3. The van der Waals surface area contributed by atoms with E-state index in [2.05, 4.69) is 42.1 Å². The summed E-state index contributed by atoms with van der Waals surface area (Å²) >= 11 is 6.88. The van der Waals surface area contributed by atoms with Crippen molar-refractivity contribution in [2.45, 2.75) is 0 Å². The van der Waals surface area contributed by atoms with E-state index in [1.54, 1.807) is 0 Å². The van der Waals surface area contributed by atoms with Gasteiger partial charge in [-0.3, -0.25) is 0 Å². The van der Waals surface area contributed by atoms with Crippen LogP contribution in [-0.2, 0) is 7.05 Å².